The van der Waals surface area contributed by atoms with E-state index in [0.717, 1.165) is 35.4 Å². The van der Waals surface area contributed by atoms with E-state index in [0.29, 0.717) is 6.04 Å². The number of nitrogens with zero attached hydrogens (tertiary/aromatic N) is 1. The molecule has 1 saturated carbocycles. The number of amides is 1. The molecule has 128 valence electrons. The molecule has 2 aromatic carbocycles. The van der Waals surface area contributed by atoms with Crippen LogP contribution in [0.15, 0.2) is 54.6 Å². The van der Waals surface area contributed by atoms with Gasteiger partial charge in [0.15, 0.2) is 0 Å². The second-order valence-corrected chi connectivity index (χ2v) is 7.02. The van der Waals surface area contributed by atoms with E-state index in [2.05, 4.69) is 18.8 Å². The van der Waals surface area contributed by atoms with E-state index in [4.69, 9.17) is 0 Å². The van der Waals surface area contributed by atoms with Gasteiger partial charge in [0.25, 0.3) is 5.91 Å². The van der Waals surface area contributed by atoms with Gasteiger partial charge in [-0.25, -0.2) is 0 Å². The van der Waals surface area contributed by atoms with Gasteiger partial charge in [-0.1, -0.05) is 37.0 Å². The summed E-state index contributed by atoms with van der Waals surface area (Å²) in [5.74, 6) is 7.20. The highest BCUT2D eigenvalue weighted by Gasteiger charge is 2.25. The zero-order valence-electron chi connectivity index (χ0n) is 15.0. The Hall–Kier alpha value is -2.53. The number of hydrogen-bond donors (Lipinski definition) is 0. The first-order chi connectivity index (χ1) is 12.1. The summed E-state index contributed by atoms with van der Waals surface area (Å²) in [5, 5.41) is 0. The van der Waals surface area contributed by atoms with Crippen LogP contribution in [0.25, 0.3) is 0 Å². The van der Waals surface area contributed by atoms with Crippen LogP contribution in [-0.2, 0) is 0 Å². The topological polar surface area (TPSA) is 20.3 Å². The summed E-state index contributed by atoms with van der Waals surface area (Å²) in [6, 6.07) is 17.9. The van der Waals surface area contributed by atoms with Crippen LogP contribution in [0, 0.1) is 17.8 Å². The lowest BCUT2D eigenvalue weighted by Gasteiger charge is -2.33. The molecule has 1 aliphatic rings. The Morgan fingerprint density at radius 1 is 0.880 bits per heavy atom. The van der Waals surface area contributed by atoms with E-state index in [9.17, 15) is 4.79 Å². The van der Waals surface area contributed by atoms with Crippen molar-refractivity contribution >= 4 is 5.91 Å². The standard InChI is InChI=1S/C23H25NO/c1-18-8-16-22(17-9-18)24(2)23(25)21-14-12-20(13-15-21)11-10-19-6-4-3-5-7-19/h3-7,12-15,18,22H,8-9,16-17H2,1-2H3. The predicted molar refractivity (Wildman–Crippen MR) is 102 cm³/mol. The molecule has 0 aromatic heterocycles. The van der Waals surface area contributed by atoms with Crippen LogP contribution in [0.3, 0.4) is 0 Å². The van der Waals surface area contributed by atoms with Crippen molar-refractivity contribution in [1.29, 1.82) is 0 Å². The molecule has 25 heavy (non-hydrogen) atoms. The molecule has 2 aromatic rings. The largest absolute Gasteiger partial charge is 0.339 e. The van der Waals surface area contributed by atoms with Gasteiger partial charge in [0.2, 0.25) is 0 Å². The summed E-state index contributed by atoms with van der Waals surface area (Å²) < 4.78 is 0. The maximum Gasteiger partial charge on any atom is 0.253 e. The minimum absolute atomic E-state index is 0.113. The third kappa shape index (κ3) is 4.51. The lowest BCUT2D eigenvalue weighted by molar-refractivity contribution is 0.0679. The van der Waals surface area contributed by atoms with E-state index in [1.165, 1.54) is 12.8 Å². The molecule has 3 rings (SSSR count). The van der Waals surface area contributed by atoms with Crippen molar-refractivity contribution in [3.05, 3.63) is 71.3 Å². The molecule has 0 atom stereocenters. The summed E-state index contributed by atoms with van der Waals surface area (Å²) in [5.41, 5.74) is 2.66. The molecule has 1 fully saturated rings. The van der Waals surface area contributed by atoms with Crippen molar-refractivity contribution in [2.24, 2.45) is 5.92 Å². The molecule has 1 aliphatic carbocycles. The van der Waals surface area contributed by atoms with Crippen molar-refractivity contribution in [2.75, 3.05) is 7.05 Å². The zero-order valence-corrected chi connectivity index (χ0v) is 15.0. The molecule has 2 heteroatoms. The van der Waals surface area contributed by atoms with Crippen molar-refractivity contribution in [2.45, 2.75) is 38.6 Å². The van der Waals surface area contributed by atoms with Crippen LogP contribution >= 0.6 is 0 Å². The van der Waals surface area contributed by atoms with Gasteiger partial charge in [0, 0.05) is 29.8 Å². The summed E-state index contributed by atoms with van der Waals surface area (Å²) in [6.45, 7) is 2.30. The molecular weight excluding hydrogens is 306 g/mol. The van der Waals surface area contributed by atoms with E-state index < -0.39 is 0 Å². The fourth-order valence-corrected chi connectivity index (χ4v) is 3.36. The van der Waals surface area contributed by atoms with E-state index in [1.54, 1.807) is 0 Å². The van der Waals surface area contributed by atoms with Gasteiger partial charge in [-0.15, -0.1) is 0 Å². The Kier molecular flexibility index (Phi) is 5.56. The van der Waals surface area contributed by atoms with Gasteiger partial charge >= 0.3 is 0 Å². The number of carbonyl (C=O) groups excluding carboxylic acids is 1. The van der Waals surface area contributed by atoms with Crippen LogP contribution in [0.4, 0.5) is 0 Å². The SMILES string of the molecule is CC1CCC(N(C)C(=O)c2ccc(C#Cc3ccccc3)cc2)CC1. The van der Waals surface area contributed by atoms with Crippen LogP contribution in [0.5, 0.6) is 0 Å². The summed E-state index contributed by atoms with van der Waals surface area (Å²) >= 11 is 0. The van der Waals surface area contributed by atoms with Crippen molar-refractivity contribution in [3.8, 4) is 11.8 Å². The number of benzene rings is 2. The fourth-order valence-electron chi connectivity index (χ4n) is 3.36. The lowest BCUT2D eigenvalue weighted by atomic mass is 9.86. The third-order valence-corrected chi connectivity index (χ3v) is 5.11. The second kappa shape index (κ2) is 8.03. The minimum Gasteiger partial charge on any atom is -0.339 e. The van der Waals surface area contributed by atoms with Crippen molar-refractivity contribution in [3.63, 3.8) is 0 Å². The third-order valence-electron chi connectivity index (χ3n) is 5.11. The Labute approximate surface area is 150 Å². The van der Waals surface area contributed by atoms with Crippen LogP contribution < -0.4 is 0 Å². The first-order valence-corrected chi connectivity index (χ1v) is 9.08. The van der Waals surface area contributed by atoms with Crippen LogP contribution in [-0.4, -0.2) is 23.9 Å². The van der Waals surface area contributed by atoms with Crippen molar-refractivity contribution < 1.29 is 4.79 Å². The first-order valence-electron chi connectivity index (χ1n) is 9.08. The van der Waals surface area contributed by atoms with Gasteiger partial charge in [-0.3, -0.25) is 4.79 Å². The Bertz CT molecular complexity index is 759. The highest BCUT2D eigenvalue weighted by atomic mass is 16.2. The molecule has 0 bridgehead atoms. The maximum atomic E-state index is 12.7. The van der Waals surface area contributed by atoms with Gasteiger partial charge in [0.05, 0.1) is 0 Å². The Balaban J connectivity index is 1.65. The van der Waals surface area contributed by atoms with Crippen molar-refractivity contribution in [1.82, 2.24) is 4.90 Å². The number of rotatable bonds is 2. The highest BCUT2D eigenvalue weighted by Crippen LogP contribution is 2.27. The molecule has 2 nitrogen and oxygen atoms in total. The quantitative estimate of drug-likeness (QED) is 0.728. The molecule has 0 heterocycles. The average Bonchev–Trinajstić information content (AvgIpc) is 2.67. The Morgan fingerprint density at radius 2 is 1.44 bits per heavy atom. The summed E-state index contributed by atoms with van der Waals surface area (Å²) in [4.78, 5) is 14.6. The predicted octanol–water partition coefficient (Wildman–Crippen LogP) is 4.74. The average molecular weight is 331 g/mol. The minimum atomic E-state index is 0.113. The van der Waals surface area contributed by atoms with E-state index in [-0.39, 0.29) is 5.91 Å². The molecule has 0 spiro atoms. The van der Waals surface area contributed by atoms with E-state index >= 15 is 0 Å². The zero-order chi connectivity index (χ0) is 17.6. The molecule has 1 amide bonds. The molecule has 0 saturated heterocycles. The number of carbonyl (C=O) groups is 1. The van der Waals surface area contributed by atoms with Crippen LogP contribution in [0.1, 0.15) is 54.1 Å². The smallest absolute Gasteiger partial charge is 0.253 e. The molecular formula is C23H25NO. The fraction of sp³-hybridized carbons (Fsp3) is 0.348. The van der Waals surface area contributed by atoms with Gasteiger partial charge in [0.1, 0.15) is 0 Å². The van der Waals surface area contributed by atoms with E-state index in [1.807, 2.05) is 66.5 Å². The summed E-state index contributed by atoms with van der Waals surface area (Å²) in [7, 11) is 1.94. The lowest BCUT2D eigenvalue weighted by Crippen LogP contribution is -2.39. The molecule has 0 aliphatic heterocycles. The monoisotopic (exact) mass is 331 g/mol. The summed E-state index contributed by atoms with van der Waals surface area (Å²) in [6.07, 6.45) is 4.67. The van der Waals surface area contributed by atoms with Gasteiger partial charge in [-0.05, 0) is 68.0 Å². The second-order valence-electron chi connectivity index (χ2n) is 7.02. The highest BCUT2D eigenvalue weighted by molar-refractivity contribution is 5.94. The molecule has 0 unspecified atom stereocenters. The molecule has 0 N–H and O–H groups in total. The van der Waals surface area contributed by atoms with Gasteiger partial charge in [-0.2, -0.15) is 0 Å². The first kappa shape index (κ1) is 17.3. The molecule has 0 radical (unpaired) electrons. The van der Waals surface area contributed by atoms with Gasteiger partial charge < -0.3 is 4.90 Å². The maximum absolute atomic E-state index is 12.7. The normalized spacial score (nSPS) is 19.6. The number of hydrogen-bond acceptors (Lipinski definition) is 1. The van der Waals surface area contributed by atoms with Crippen LogP contribution in [0.2, 0.25) is 0 Å². The Morgan fingerprint density at radius 3 is 2.04 bits per heavy atom.